The fourth-order valence-electron chi connectivity index (χ4n) is 2.04. The molecule has 1 heterocycles. The zero-order valence-corrected chi connectivity index (χ0v) is 12.4. The van der Waals surface area contributed by atoms with Gasteiger partial charge in [-0.05, 0) is 26.0 Å². The van der Waals surface area contributed by atoms with Crippen molar-refractivity contribution in [3.05, 3.63) is 24.3 Å². The zero-order valence-electron chi connectivity index (χ0n) is 11.6. The summed E-state index contributed by atoms with van der Waals surface area (Å²) < 4.78 is 7.53. The van der Waals surface area contributed by atoms with Crippen molar-refractivity contribution >= 4 is 28.8 Å². The van der Waals surface area contributed by atoms with E-state index in [1.807, 2.05) is 31.2 Å². The van der Waals surface area contributed by atoms with Crippen molar-refractivity contribution in [3.8, 4) is 0 Å². The van der Waals surface area contributed by atoms with Crippen molar-refractivity contribution in [2.24, 2.45) is 0 Å². The number of fused-ring (bicyclic) bond motifs is 1. The van der Waals surface area contributed by atoms with Crippen LogP contribution in [0, 0.1) is 0 Å². The molecule has 108 valence electrons. The Labute approximate surface area is 121 Å². The smallest absolute Gasteiger partial charge is 0.313 e. The van der Waals surface area contributed by atoms with Gasteiger partial charge in [-0.15, -0.1) is 0 Å². The number of para-hydroxylation sites is 2. The van der Waals surface area contributed by atoms with Gasteiger partial charge in [-0.1, -0.05) is 23.9 Å². The molecule has 1 aromatic carbocycles. The minimum atomic E-state index is -0.842. The van der Waals surface area contributed by atoms with E-state index in [0.717, 1.165) is 16.2 Å². The van der Waals surface area contributed by atoms with Crippen LogP contribution in [0.5, 0.6) is 0 Å². The minimum Gasteiger partial charge on any atom is -0.481 e. The lowest BCUT2D eigenvalue weighted by Crippen LogP contribution is -2.13. The number of aromatic nitrogens is 2. The predicted octanol–water partition coefficient (Wildman–Crippen LogP) is 2.81. The number of carboxylic acids is 1. The first kappa shape index (κ1) is 14.9. The molecular weight excluding hydrogens is 276 g/mol. The summed E-state index contributed by atoms with van der Waals surface area (Å²) in [7, 11) is 0. The van der Waals surface area contributed by atoms with Crippen LogP contribution in [0.15, 0.2) is 29.4 Å². The standard InChI is InChI=1S/C14H18N2O3S/c1-3-19-8-10(2)16-12-7-5-4-6-11(12)15-14(16)20-9-13(17)18/h4-7,10H,3,8-9H2,1-2H3,(H,17,18). The van der Waals surface area contributed by atoms with E-state index >= 15 is 0 Å². The summed E-state index contributed by atoms with van der Waals surface area (Å²) in [6, 6.07) is 7.93. The summed E-state index contributed by atoms with van der Waals surface area (Å²) in [5, 5.41) is 9.56. The Morgan fingerprint density at radius 1 is 1.50 bits per heavy atom. The SMILES string of the molecule is CCOCC(C)n1c(SCC(=O)O)nc2ccccc21. The first-order chi connectivity index (χ1) is 9.63. The molecule has 1 unspecified atom stereocenters. The zero-order chi connectivity index (χ0) is 14.5. The second kappa shape index (κ2) is 6.76. The largest absolute Gasteiger partial charge is 0.481 e. The van der Waals surface area contributed by atoms with Crippen molar-refractivity contribution < 1.29 is 14.6 Å². The Kier molecular flexibility index (Phi) is 5.03. The number of hydrogen-bond acceptors (Lipinski definition) is 4. The summed E-state index contributed by atoms with van der Waals surface area (Å²) in [5.74, 6) is -0.837. The molecule has 0 aliphatic heterocycles. The lowest BCUT2D eigenvalue weighted by Gasteiger charge is -2.16. The number of imidazole rings is 1. The van der Waals surface area contributed by atoms with Gasteiger partial charge in [-0.3, -0.25) is 4.79 Å². The third-order valence-corrected chi connectivity index (χ3v) is 3.83. The Balaban J connectivity index is 2.36. The fourth-order valence-corrected chi connectivity index (χ4v) is 2.87. The molecule has 0 aliphatic carbocycles. The molecule has 20 heavy (non-hydrogen) atoms. The van der Waals surface area contributed by atoms with E-state index in [0.29, 0.717) is 13.2 Å². The highest BCUT2D eigenvalue weighted by Gasteiger charge is 2.17. The number of carbonyl (C=O) groups is 1. The van der Waals surface area contributed by atoms with Gasteiger partial charge in [0.25, 0.3) is 0 Å². The molecule has 0 saturated heterocycles. The van der Waals surface area contributed by atoms with Crippen LogP contribution in [0.25, 0.3) is 11.0 Å². The fraction of sp³-hybridized carbons (Fsp3) is 0.429. The average Bonchev–Trinajstić information content (AvgIpc) is 2.81. The van der Waals surface area contributed by atoms with E-state index in [1.54, 1.807) is 0 Å². The Morgan fingerprint density at radius 3 is 2.95 bits per heavy atom. The average molecular weight is 294 g/mol. The van der Waals surface area contributed by atoms with Crippen molar-refractivity contribution in [3.63, 3.8) is 0 Å². The van der Waals surface area contributed by atoms with Gasteiger partial charge < -0.3 is 14.4 Å². The van der Waals surface area contributed by atoms with E-state index in [9.17, 15) is 4.79 Å². The molecule has 0 radical (unpaired) electrons. The first-order valence-electron chi connectivity index (χ1n) is 6.52. The molecule has 1 aromatic heterocycles. The van der Waals surface area contributed by atoms with E-state index in [-0.39, 0.29) is 11.8 Å². The van der Waals surface area contributed by atoms with Gasteiger partial charge in [0.1, 0.15) is 0 Å². The van der Waals surface area contributed by atoms with Crippen molar-refractivity contribution in [2.45, 2.75) is 25.0 Å². The van der Waals surface area contributed by atoms with Gasteiger partial charge in [0.05, 0.1) is 29.4 Å². The lowest BCUT2D eigenvalue weighted by atomic mass is 10.3. The molecule has 0 aliphatic rings. The maximum Gasteiger partial charge on any atom is 0.313 e. The highest BCUT2D eigenvalue weighted by atomic mass is 32.2. The second-order valence-electron chi connectivity index (χ2n) is 4.44. The molecule has 0 spiro atoms. The molecule has 6 heteroatoms. The molecule has 1 N–H and O–H groups in total. The van der Waals surface area contributed by atoms with Crippen LogP contribution in [0.1, 0.15) is 19.9 Å². The molecule has 0 fully saturated rings. The Morgan fingerprint density at radius 2 is 2.25 bits per heavy atom. The first-order valence-corrected chi connectivity index (χ1v) is 7.51. The van der Waals surface area contributed by atoms with Crippen LogP contribution in [0.4, 0.5) is 0 Å². The van der Waals surface area contributed by atoms with Gasteiger partial charge in [-0.25, -0.2) is 4.98 Å². The van der Waals surface area contributed by atoms with Gasteiger partial charge >= 0.3 is 5.97 Å². The predicted molar refractivity (Wildman–Crippen MR) is 79.3 cm³/mol. The lowest BCUT2D eigenvalue weighted by molar-refractivity contribution is -0.133. The molecular formula is C14H18N2O3S. The highest BCUT2D eigenvalue weighted by molar-refractivity contribution is 7.99. The van der Waals surface area contributed by atoms with Crippen LogP contribution in [0.2, 0.25) is 0 Å². The number of rotatable bonds is 7. The molecule has 0 saturated carbocycles. The van der Waals surface area contributed by atoms with Crippen molar-refractivity contribution in [2.75, 3.05) is 19.0 Å². The molecule has 0 bridgehead atoms. The molecule has 1 atom stereocenters. The number of nitrogens with zero attached hydrogens (tertiary/aromatic N) is 2. The number of carboxylic acid groups (broad SMARTS) is 1. The third kappa shape index (κ3) is 3.32. The maximum absolute atomic E-state index is 10.8. The van der Waals surface area contributed by atoms with Crippen LogP contribution in [0.3, 0.4) is 0 Å². The Hall–Kier alpha value is -1.53. The number of aliphatic carboxylic acids is 1. The number of ether oxygens (including phenoxy) is 1. The van der Waals surface area contributed by atoms with E-state index in [4.69, 9.17) is 9.84 Å². The summed E-state index contributed by atoms with van der Waals surface area (Å²) in [4.78, 5) is 15.3. The third-order valence-electron chi connectivity index (χ3n) is 2.89. The number of thioether (sulfide) groups is 1. The molecule has 0 amide bonds. The van der Waals surface area contributed by atoms with Gasteiger partial charge in [0, 0.05) is 6.61 Å². The summed E-state index contributed by atoms with van der Waals surface area (Å²) in [6.45, 7) is 5.25. The van der Waals surface area contributed by atoms with E-state index in [1.165, 1.54) is 11.8 Å². The van der Waals surface area contributed by atoms with Gasteiger partial charge in [0.2, 0.25) is 0 Å². The maximum atomic E-state index is 10.8. The highest BCUT2D eigenvalue weighted by Crippen LogP contribution is 2.27. The Bertz CT molecular complexity index is 597. The number of benzene rings is 1. The van der Waals surface area contributed by atoms with Crippen LogP contribution in [-0.4, -0.2) is 39.6 Å². The van der Waals surface area contributed by atoms with Crippen LogP contribution >= 0.6 is 11.8 Å². The summed E-state index contributed by atoms with van der Waals surface area (Å²) in [5.41, 5.74) is 1.89. The summed E-state index contributed by atoms with van der Waals surface area (Å²) >= 11 is 1.24. The monoisotopic (exact) mass is 294 g/mol. The van der Waals surface area contributed by atoms with Crippen molar-refractivity contribution in [1.29, 1.82) is 0 Å². The summed E-state index contributed by atoms with van der Waals surface area (Å²) in [6.07, 6.45) is 0. The normalized spacial score (nSPS) is 12.7. The second-order valence-corrected chi connectivity index (χ2v) is 5.39. The van der Waals surface area contributed by atoms with Gasteiger partial charge in [-0.2, -0.15) is 0 Å². The minimum absolute atomic E-state index is 0.00464. The quantitative estimate of drug-likeness (QED) is 0.795. The van der Waals surface area contributed by atoms with Crippen LogP contribution < -0.4 is 0 Å². The van der Waals surface area contributed by atoms with Crippen molar-refractivity contribution in [1.82, 2.24) is 9.55 Å². The topological polar surface area (TPSA) is 64.3 Å². The molecule has 2 rings (SSSR count). The molecule has 5 nitrogen and oxygen atoms in total. The van der Waals surface area contributed by atoms with Crippen LogP contribution in [-0.2, 0) is 9.53 Å². The van der Waals surface area contributed by atoms with E-state index in [2.05, 4.69) is 16.5 Å². The van der Waals surface area contributed by atoms with Gasteiger partial charge in [0.15, 0.2) is 5.16 Å². The molecule has 2 aromatic rings. The number of hydrogen-bond donors (Lipinski definition) is 1. The van der Waals surface area contributed by atoms with E-state index < -0.39 is 5.97 Å².